The Morgan fingerprint density at radius 3 is 2.61 bits per heavy atom. The predicted octanol–water partition coefficient (Wildman–Crippen LogP) is 0.513. The quantitative estimate of drug-likeness (QED) is 0.634. The summed E-state index contributed by atoms with van der Waals surface area (Å²) in [6, 6.07) is 6.82. The van der Waals surface area contributed by atoms with E-state index in [0.717, 1.165) is 5.82 Å². The maximum Gasteiger partial charge on any atom is 0.256 e. The summed E-state index contributed by atoms with van der Waals surface area (Å²) in [5, 5.41) is 5.64. The van der Waals surface area contributed by atoms with E-state index < -0.39 is 0 Å². The van der Waals surface area contributed by atoms with Crippen LogP contribution in [0.2, 0.25) is 0 Å². The van der Waals surface area contributed by atoms with Gasteiger partial charge in [0, 0.05) is 25.5 Å². The van der Waals surface area contributed by atoms with E-state index in [9.17, 15) is 9.59 Å². The van der Waals surface area contributed by atoms with Crippen molar-refractivity contribution in [2.45, 2.75) is 0 Å². The van der Waals surface area contributed by atoms with Gasteiger partial charge in [-0.15, -0.1) is 0 Å². The van der Waals surface area contributed by atoms with Crippen LogP contribution in [0.25, 0.3) is 0 Å². The van der Waals surface area contributed by atoms with E-state index in [1.54, 1.807) is 31.6 Å². The number of nitrogens with one attached hydrogen (secondary N) is 3. The van der Waals surface area contributed by atoms with Crippen LogP contribution in [0.3, 0.4) is 0 Å². The van der Waals surface area contributed by atoms with Gasteiger partial charge in [0.25, 0.3) is 5.91 Å². The molecule has 0 aromatic carbocycles. The minimum Gasteiger partial charge on any atom is -0.354 e. The van der Waals surface area contributed by atoms with Crippen LogP contribution >= 0.6 is 0 Å². The Balaban J connectivity index is 0.000000138. The van der Waals surface area contributed by atoms with Crippen molar-refractivity contribution in [1.29, 1.82) is 0 Å². The zero-order valence-electron chi connectivity index (χ0n) is 9.93. The van der Waals surface area contributed by atoms with Crippen LogP contribution in [0, 0.1) is 0 Å². The summed E-state index contributed by atoms with van der Waals surface area (Å²) in [5.74, 6) is 0.791. The molecule has 2 aromatic rings. The first-order valence-electron chi connectivity index (χ1n) is 5.49. The fourth-order valence-corrected chi connectivity index (χ4v) is 1.52. The molecule has 3 heterocycles. The van der Waals surface area contributed by atoms with Crippen LogP contribution in [-0.2, 0) is 7.05 Å². The molecule has 0 atom stereocenters. The Labute approximate surface area is 104 Å². The summed E-state index contributed by atoms with van der Waals surface area (Å²) >= 11 is 0. The monoisotopic (exact) mass is 246 g/mol. The number of amides is 1. The average molecular weight is 246 g/mol. The van der Waals surface area contributed by atoms with Gasteiger partial charge in [-0.05, 0) is 12.1 Å². The van der Waals surface area contributed by atoms with Crippen LogP contribution in [0.4, 0.5) is 5.82 Å². The third-order valence-corrected chi connectivity index (χ3v) is 2.51. The van der Waals surface area contributed by atoms with E-state index in [0.29, 0.717) is 12.2 Å². The number of aromatic amines is 1. The number of anilines is 1. The molecule has 1 amide bonds. The van der Waals surface area contributed by atoms with Crippen molar-refractivity contribution >= 4 is 11.7 Å². The van der Waals surface area contributed by atoms with Gasteiger partial charge in [0.2, 0.25) is 5.56 Å². The maximum atomic E-state index is 11.0. The number of fused-ring (bicyclic) bond motifs is 1. The molecule has 0 unspecified atom stereocenters. The van der Waals surface area contributed by atoms with Gasteiger partial charge >= 0.3 is 0 Å². The van der Waals surface area contributed by atoms with Gasteiger partial charge in [-0.2, -0.15) is 0 Å². The third-order valence-electron chi connectivity index (χ3n) is 2.51. The zero-order valence-corrected chi connectivity index (χ0v) is 9.93. The smallest absolute Gasteiger partial charge is 0.256 e. The summed E-state index contributed by atoms with van der Waals surface area (Å²) < 4.78 is 1.53. The zero-order chi connectivity index (χ0) is 13.0. The lowest BCUT2D eigenvalue weighted by atomic mass is 10.3. The highest BCUT2D eigenvalue weighted by molar-refractivity contribution is 6.00. The number of aryl methyl sites for hydroxylation is 1. The number of nitrogens with zero attached hydrogens (tertiary/aromatic N) is 1. The minimum atomic E-state index is -0.0185. The Bertz CT molecular complexity index is 600. The Morgan fingerprint density at radius 2 is 2.00 bits per heavy atom. The van der Waals surface area contributed by atoms with Gasteiger partial charge in [0.15, 0.2) is 0 Å². The normalized spacial score (nSPS) is 12.6. The Kier molecular flexibility index (Phi) is 3.47. The lowest BCUT2D eigenvalue weighted by molar-refractivity contribution is 0.0953. The van der Waals surface area contributed by atoms with Crippen molar-refractivity contribution in [3.63, 3.8) is 0 Å². The average Bonchev–Trinajstić information content (AvgIpc) is 2.84. The molecule has 2 aromatic heterocycles. The second-order valence-corrected chi connectivity index (χ2v) is 3.78. The summed E-state index contributed by atoms with van der Waals surface area (Å²) in [4.78, 5) is 24.5. The van der Waals surface area contributed by atoms with E-state index in [-0.39, 0.29) is 11.5 Å². The topological polar surface area (TPSA) is 78.9 Å². The van der Waals surface area contributed by atoms with Crippen molar-refractivity contribution in [2.75, 3.05) is 12.0 Å². The van der Waals surface area contributed by atoms with E-state index in [4.69, 9.17) is 0 Å². The van der Waals surface area contributed by atoms with E-state index >= 15 is 0 Å². The Morgan fingerprint density at radius 1 is 1.17 bits per heavy atom. The van der Waals surface area contributed by atoms with Gasteiger partial charge in [-0.25, -0.2) is 0 Å². The molecule has 94 valence electrons. The molecule has 3 rings (SSSR count). The van der Waals surface area contributed by atoms with Gasteiger partial charge in [-0.1, -0.05) is 6.07 Å². The van der Waals surface area contributed by atoms with Crippen molar-refractivity contribution in [2.24, 2.45) is 7.05 Å². The highest BCUT2D eigenvalue weighted by Gasteiger charge is 2.15. The number of hydrogen-bond acceptors (Lipinski definition) is 3. The van der Waals surface area contributed by atoms with Gasteiger partial charge in [0.1, 0.15) is 5.82 Å². The summed E-state index contributed by atoms with van der Waals surface area (Å²) in [6.07, 6.45) is 3.46. The van der Waals surface area contributed by atoms with Crippen LogP contribution in [0.1, 0.15) is 10.4 Å². The Hall–Kier alpha value is -2.50. The van der Waals surface area contributed by atoms with Gasteiger partial charge in [0.05, 0.1) is 12.2 Å². The highest BCUT2D eigenvalue weighted by atomic mass is 16.2. The molecular formula is C12H14N4O2. The predicted molar refractivity (Wildman–Crippen MR) is 68.4 cm³/mol. The lowest BCUT2D eigenvalue weighted by Crippen LogP contribution is -2.34. The van der Waals surface area contributed by atoms with Crippen molar-refractivity contribution in [3.05, 3.63) is 52.6 Å². The largest absolute Gasteiger partial charge is 0.354 e. The molecule has 0 bridgehead atoms. The third kappa shape index (κ3) is 2.60. The fraction of sp³-hybridized carbons (Fsp3) is 0.167. The molecule has 0 saturated carbocycles. The number of aromatic nitrogens is 2. The number of H-pyrrole nitrogens is 1. The number of carbonyl (C=O) groups excluding carboxylic acids is 1. The SMILES string of the molecule is Cn1ccccc1=O.O=C1NCNc2[nH]ccc21. The molecule has 0 fully saturated rings. The molecule has 1 aliphatic heterocycles. The summed E-state index contributed by atoms with van der Waals surface area (Å²) in [7, 11) is 1.72. The number of hydrogen-bond donors (Lipinski definition) is 3. The van der Waals surface area contributed by atoms with Gasteiger partial charge in [-0.3, -0.25) is 9.59 Å². The molecule has 0 aliphatic carbocycles. The fourth-order valence-electron chi connectivity index (χ4n) is 1.52. The number of carbonyl (C=O) groups is 1. The van der Waals surface area contributed by atoms with E-state index in [1.807, 2.05) is 6.07 Å². The lowest BCUT2D eigenvalue weighted by Gasteiger charge is -2.13. The van der Waals surface area contributed by atoms with Crippen molar-refractivity contribution in [1.82, 2.24) is 14.9 Å². The minimum absolute atomic E-state index is 0.0185. The molecule has 0 radical (unpaired) electrons. The van der Waals surface area contributed by atoms with Crippen LogP contribution in [0.5, 0.6) is 0 Å². The number of rotatable bonds is 0. The van der Waals surface area contributed by atoms with Gasteiger partial charge < -0.3 is 20.2 Å². The van der Waals surface area contributed by atoms with Crippen LogP contribution in [0.15, 0.2) is 41.5 Å². The summed E-state index contributed by atoms with van der Waals surface area (Å²) in [5.41, 5.74) is 0.721. The van der Waals surface area contributed by atoms with Crippen LogP contribution in [-0.4, -0.2) is 22.1 Å². The second kappa shape index (κ2) is 5.22. The molecule has 18 heavy (non-hydrogen) atoms. The molecule has 3 N–H and O–H groups in total. The highest BCUT2D eigenvalue weighted by Crippen LogP contribution is 2.14. The van der Waals surface area contributed by atoms with Crippen molar-refractivity contribution < 1.29 is 4.79 Å². The van der Waals surface area contributed by atoms with E-state index in [1.165, 1.54) is 10.6 Å². The first kappa shape index (κ1) is 12.0. The van der Waals surface area contributed by atoms with Crippen molar-refractivity contribution in [3.8, 4) is 0 Å². The molecule has 0 spiro atoms. The first-order chi connectivity index (χ1) is 8.68. The maximum absolute atomic E-state index is 11.0. The number of pyridine rings is 1. The van der Waals surface area contributed by atoms with Crippen LogP contribution < -0.4 is 16.2 Å². The first-order valence-corrected chi connectivity index (χ1v) is 5.49. The molecule has 6 heteroatoms. The molecule has 6 nitrogen and oxygen atoms in total. The molecular weight excluding hydrogens is 232 g/mol. The molecule has 1 aliphatic rings. The van der Waals surface area contributed by atoms with E-state index in [2.05, 4.69) is 15.6 Å². The molecule has 0 saturated heterocycles. The standard InChI is InChI=1S/C6H7N3O.C6H7NO/c10-6-4-1-2-7-5(4)8-3-9-6;1-7-5-3-2-4-6(7)8/h1-2,7-8H,3H2,(H,9,10);2-5H,1H3. The second-order valence-electron chi connectivity index (χ2n) is 3.78. The summed E-state index contributed by atoms with van der Waals surface area (Å²) in [6.45, 7) is 0.506.